The van der Waals surface area contributed by atoms with Gasteiger partial charge in [0.2, 0.25) is 5.91 Å². The Morgan fingerprint density at radius 3 is 2.59 bits per heavy atom. The summed E-state index contributed by atoms with van der Waals surface area (Å²) in [6.07, 6.45) is 1.96. The van der Waals surface area contributed by atoms with E-state index in [0.717, 1.165) is 4.90 Å². The Hall–Kier alpha value is -2.67. The van der Waals surface area contributed by atoms with Crippen molar-refractivity contribution in [2.45, 2.75) is 24.4 Å². The van der Waals surface area contributed by atoms with E-state index in [0.29, 0.717) is 11.3 Å². The van der Waals surface area contributed by atoms with Gasteiger partial charge in [-0.15, -0.1) is 11.8 Å². The van der Waals surface area contributed by atoms with Gasteiger partial charge in [0.05, 0.1) is 0 Å². The van der Waals surface area contributed by atoms with Gasteiger partial charge in [0, 0.05) is 16.1 Å². The summed E-state index contributed by atoms with van der Waals surface area (Å²) in [6, 6.07) is 13.1. The molecule has 140 valence electrons. The second-order valence-corrected chi connectivity index (χ2v) is 7.51. The van der Waals surface area contributed by atoms with E-state index in [4.69, 9.17) is 0 Å². The van der Waals surface area contributed by atoms with E-state index in [1.165, 1.54) is 29.2 Å². The van der Waals surface area contributed by atoms with Gasteiger partial charge in [-0.2, -0.15) is 0 Å². The number of aliphatic imine (C=N–C) groups is 1. The SMILES string of the molecule is CSc1cccc(NC(=O)CN2C(=O)C(c3ccc(F)cc3)=NC2(C)C)c1. The molecule has 5 nitrogen and oxygen atoms in total. The number of carbonyl (C=O) groups is 2. The molecule has 3 rings (SSSR count). The predicted octanol–water partition coefficient (Wildman–Crippen LogP) is 3.55. The molecule has 1 heterocycles. The number of benzene rings is 2. The second-order valence-electron chi connectivity index (χ2n) is 6.63. The van der Waals surface area contributed by atoms with E-state index in [1.807, 2.05) is 24.5 Å². The number of amides is 2. The first kappa shape index (κ1) is 19.1. The largest absolute Gasteiger partial charge is 0.325 e. The molecule has 0 bridgehead atoms. The normalized spacial score (nSPS) is 15.6. The van der Waals surface area contributed by atoms with Crippen molar-refractivity contribution >= 4 is 35.0 Å². The summed E-state index contributed by atoms with van der Waals surface area (Å²) in [7, 11) is 0. The molecule has 2 amide bonds. The smallest absolute Gasteiger partial charge is 0.275 e. The number of hydrogen-bond acceptors (Lipinski definition) is 4. The van der Waals surface area contributed by atoms with Gasteiger partial charge in [-0.05, 0) is 62.6 Å². The maximum atomic E-state index is 13.1. The summed E-state index contributed by atoms with van der Waals surface area (Å²) in [5.74, 6) is -1.03. The topological polar surface area (TPSA) is 61.8 Å². The third kappa shape index (κ3) is 4.19. The number of hydrogen-bond donors (Lipinski definition) is 1. The van der Waals surface area contributed by atoms with Crippen LogP contribution in [0.2, 0.25) is 0 Å². The molecule has 1 N–H and O–H groups in total. The Labute approximate surface area is 161 Å². The molecule has 1 aliphatic rings. The predicted molar refractivity (Wildman–Crippen MR) is 106 cm³/mol. The Balaban J connectivity index is 1.74. The van der Waals surface area contributed by atoms with Crippen LogP contribution >= 0.6 is 11.8 Å². The number of halogens is 1. The monoisotopic (exact) mass is 385 g/mol. The molecule has 0 saturated carbocycles. The second kappa shape index (κ2) is 7.52. The van der Waals surface area contributed by atoms with E-state index in [9.17, 15) is 14.0 Å². The Kier molecular flexibility index (Phi) is 5.32. The maximum absolute atomic E-state index is 13.1. The van der Waals surface area contributed by atoms with Crippen molar-refractivity contribution < 1.29 is 14.0 Å². The van der Waals surface area contributed by atoms with Crippen molar-refractivity contribution in [1.82, 2.24) is 4.90 Å². The molecule has 0 aliphatic carbocycles. The van der Waals surface area contributed by atoms with E-state index in [-0.39, 0.29) is 29.9 Å². The van der Waals surface area contributed by atoms with Gasteiger partial charge in [0.15, 0.2) is 0 Å². The molecular weight excluding hydrogens is 365 g/mol. The number of thioether (sulfide) groups is 1. The molecule has 0 aromatic heterocycles. The molecule has 0 atom stereocenters. The number of rotatable bonds is 5. The lowest BCUT2D eigenvalue weighted by molar-refractivity contribution is -0.131. The highest BCUT2D eigenvalue weighted by atomic mass is 32.2. The van der Waals surface area contributed by atoms with Gasteiger partial charge in [-0.25, -0.2) is 4.39 Å². The summed E-state index contributed by atoms with van der Waals surface area (Å²) in [5.41, 5.74) is 0.581. The van der Waals surface area contributed by atoms with E-state index in [1.54, 1.807) is 31.7 Å². The first-order valence-electron chi connectivity index (χ1n) is 8.42. The van der Waals surface area contributed by atoms with Crippen molar-refractivity contribution in [3.63, 3.8) is 0 Å². The van der Waals surface area contributed by atoms with Gasteiger partial charge in [0.25, 0.3) is 5.91 Å². The molecule has 1 aliphatic heterocycles. The average molecular weight is 385 g/mol. The molecule has 27 heavy (non-hydrogen) atoms. The number of nitrogens with one attached hydrogen (secondary N) is 1. The lowest BCUT2D eigenvalue weighted by atomic mass is 10.1. The van der Waals surface area contributed by atoms with Crippen LogP contribution in [0.25, 0.3) is 0 Å². The van der Waals surface area contributed by atoms with Crippen molar-refractivity contribution in [1.29, 1.82) is 0 Å². The van der Waals surface area contributed by atoms with Crippen molar-refractivity contribution in [2.75, 3.05) is 18.1 Å². The van der Waals surface area contributed by atoms with Crippen LogP contribution in [0.3, 0.4) is 0 Å². The van der Waals surface area contributed by atoms with Gasteiger partial charge in [-0.1, -0.05) is 6.07 Å². The Bertz CT molecular complexity index is 910. The Morgan fingerprint density at radius 1 is 1.22 bits per heavy atom. The number of nitrogens with zero attached hydrogens (tertiary/aromatic N) is 2. The van der Waals surface area contributed by atoms with Crippen molar-refractivity contribution in [2.24, 2.45) is 4.99 Å². The highest BCUT2D eigenvalue weighted by Gasteiger charge is 2.41. The summed E-state index contributed by atoms with van der Waals surface area (Å²) in [4.78, 5) is 32.2. The van der Waals surface area contributed by atoms with Crippen LogP contribution in [-0.2, 0) is 9.59 Å². The highest BCUT2D eigenvalue weighted by Crippen LogP contribution is 2.26. The van der Waals surface area contributed by atoms with E-state index < -0.39 is 5.66 Å². The van der Waals surface area contributed by atoms with Crippen LogP contribution < -0.4 is 5.32 Å². The molecule has 0 unspecified atom stereocenters. The van der Waals surface area contributed by atoms with Crippen molar-refractivity contribution in [3.8, 4) is 0 Å². The minimum atomic E-state index is -0.862. The number of carbonyl (C=O) groups excluding carboxylic acids is 2. The minimum absolute atomic E-state index is 0.122. The zero-order chi connectivity index (χ0) is 19.6. The fourth-order valence-electron chi connectivity index (χ4n) is 2.86. The van der Waals surface area contributed by atoms with Gasteiger partial charge >= 0.3 is 0 Å². The molecule has 0 radical (unpaired) electrons. The molecule has 0 saturated heterocycles. The van der Waals surface area contributed by atoms with Crippen LogP contribution in [0.15, 0.2) is 58.4 Å². The highest BCUT2D eigenvalue weighted by molar-refractivity contribution is 7.98. The first-order valence-corrected chi connectivity index (χ1v) is 9.64. The molecular formula is C20H20FN3O2S. The average Bonchev–Trinajstić information content (AvgIpc) is 2.86. The maximum Gasteiger partial charge on any atom is 0.275 e. The molecule has 2 aromatic rings. The van der Waals surface area contributed by atoms with Crippen LogP contribution in [0.4, 0.5) is 10.1 Å². The van der Waals surface area contributed by atoms with E-state index >= 15 is 0 Å². The third-order valence-corrected chi connectivity index (χ3v) is 4.99. The minimum Gasteiger partial charge on any atom is -0.325 e. The summed E-state index contributed by atoms with van der Waals surface area (Å²) >= 11 is 1.58. The van der Waals surface area contributed by atoms with Crippen LogP contribution in [0.1, 0.15) is 19.4 Å². The van der Waals surface area contributed by atoms with Gasteiger partial charge < -0.3 is 10.2 Å². The lowest BCUT2D eigenvalue weighted by Gasteiger charge is -2.28. The van der Waals surface area contributed by atoms with E-state index in [2.05, 4.69) is 10.3 Å². The molecule has 7 heteroatoms. The number of anilines is 1. The van der Waals surface area contributed by atoms with Crippen LogP contribution in [0, 0.1) is 5.82 Å². The zero-order valence-corrected chi connectivity index (χ0v) is 16.1. The van der Waals surface area contributed by atoms with Gasteiger partial charge in [0.1, 0.15) is 23.7 Å². The quantitative estimate of drug-likeness (QED) is 0.801. The standard InChI is InChI=1S/C20H20FN3O2S/c1-20(2)23-18(13-7-9-14(21)10-8-13)19(26)24(20)12-17(25)22-15-5-4-6-16(11-15)27-3/h4-11H,12H2,1-3H3,(H,22,25). The lowest BCUT2D eigenvalue weighted by Crippen LogP contribution is -2.46. The van der Waals surface area contributed by atoms with Crippen LogP contribution in [0.5, 0.6) is 0 Å². The molecule has 2 aromatic carbocycles. The summed E-state index contributed by atoms with van der Waals surface area (Å²) in [6.45, 7) is 3.41. The van der Waals surface area contributed by atoms with Gasteiger partial charge in [-0.3, -0.25) is 14.6 Å². The van der Waals surface area contributed by atoms with Crippen molar-refractivity contribution in [3.05, 3.63) is 59.9 Å². The molecule has 0 spiro atoms. The molecule has 0 fully saturated rings. The Morgan fingerprint density at radius 2 is 1.93 bits per heavy atom. The zero-order valence-electron chi connectivity index (χ0n) is 15.3. The fraction of sp³-hybridized carbons (Fsp3) is 0.250. The first-order chi connectivity index (χ1) is 12.8. The third-order valence-electron chi connectivity index (χ3n) is 4.27. The summed E-state index contributed by atoms with van der Waals surface area (Å²) in [5, 5.41) is 2.82. The fourth-order valence-corrected chi connectivity index (χ4v) is 3.32. The van der Waals surface area contributed by atoms with Crippen LogP contribution in [-0.4, -0.2) is 40.9 Å². The summed E-state index contributed by atoms with van der Waals surface area (Å²) < 4.78 is 13.1.